The quantitative estimate of drug-likeness (QED) is 0.755. The van der Waals surface area contributed by atoms with Gasteiger partial charge in [-0.15, -0.1) is 0 Å². The molecule has 0 heterocycles. The monoisotopic (exact) mass is 217 g/mol. The van der Waals surface area contributed by atoms with Gasteiger partial charge in [-0.05, 0) is 60.8 Å². The maximum atomic E-state index is 13.9. The normalized spacial score (nSPS) is 18.6. The number of hydrogen-bond acceptors (Lipinski definition) is 1. The van der Waals surface area contributed by atoms with Gasteiger partial charge < -0.3 is 5.73 Å². The summed E-state index contributed by atoms with van der Waals surface area (Å²) in [7, 11) is 0. The maximum absolute atomic E-state index is 13.9. The molecular formula is C14H16FN. The van der Waals surface area contributed by atoms with Gasteiger partial charge in [-0.1, -0.05) is 6.58 Å². The van der Waals surface area contributed by atoms with Crippen molar-refractivity contribution in [1.82, 2.24) is 0 Å². The molecule has 2 N–H and O–H groups in total. The maximum Gasteiger partial charge on any atom is 0.127 e. The van der Waals surface area contributed by atoms with Crippen LogP contribution in [0.15, 0.2) is 12.6 Å². The van der Waals surface area contributed by atoms with Crippen molar-refractivity contribution in [2.24, 2.45) is 5.92 Å². The van der Waals surface area contributed by atoms with Crippen LogP contribution in [0.3, 0.4) is 0 Å². The van der Waals surface area contributed by atoms with E-state index in [1.165, 1.54) is 12.8 Å². The van der Waals surface area contributed by atoms with Gasteiger partial charge in [0.05, 0.1) is 0 Å². The Morgan fingerprint density at radius 2 is 2.00 bits per heavy atom. The molecule has 0 spiro atoms. The number of allylic oxidation sites excluding steroid dienone is 1. The van der Waals surface area contributed by atoms with E-state index in [0.29, 0.717) is 5.92 Å². The van der Waals surface area contributed by atoms with Gasteiger partial charge in [-0.25, -0.2) is 4.39 Å². The fourth-order valence-electron chi connectivity index (χ4n) is 2.68. The van der Waals surface area contributed by atoms with E-state index in [0.717, 1.165) is 47.2 Å². The predicted molar refractivity (Wildman–Crippen MR) is 64.6 cm³/mol. The molecule has 1 saturated carbocycles. The Kier molecular flexibility index (Phi) is 2.06. The second-order valence-electron chi connectivity index (χ2n) is 4.93. The first kappa shape index (κ1) is 9.88. The van der Waals surface area contributed by atoms with Crippen molar-refractivity contribution in [3.63, 3.8) is 0 Å². The molecular weight excluding hydrogens is 201 g/mol. The molecule has 1 aromatic carbocycles. The highest BCUT2D eigenvalue weighted by atomic mass is 19.1. The Labute approximate surface area is 95.2 Å². The summed E-state index contributed by atoms with van der Waals surface area (Å²) >= 11 is 0. The Morgan fingerprint density at radius 3 is 2.69 bits per heavy atom. The van der Waals surface area contributed by atoms with Crippen molar-refractivity contribution in [2.45, 2.75) is 32.1 Å². The largest absolute Gasteiger partial charge is 0.398 e. The average Bonchev–Trinajstić information content (AvgIpc) is 2.99. The van der Waals surface area contributed by atoms with Crippen molar-refractivity contribution in [3.8, 4) is 0 Å². The van der Waals surface area contributed by atoms with Crippen molar-refractivity contribution >= 4 is 11.3 Å². The van der Waals surface area contributed by atoms with E-state index in [4.69, 9.17) is 5.73 Å². The van der Waals surface area contributed by atoms with E-state index in [9.17, 15) is 4.39 Å². The Hall–Kier alpha value is -1.31. The molecule has 0 atom stereocenters. The second-order valence-corrected chi connectivity index (χ2v) is 4.93. The Morgan fingerprint density at radius 1 is 1.31 bits per heavy atom. The van der Waals surface area contributed by atoms with Crippen LogP contribution in [-0.4, -0.2) is 0 Å². The molecule has 0 aliphatic heterocycles. The SMILES string of the molecule is C=C(c1cc(F)c2c(c1N)CCC2)C1CC1. The van der Waals surface area contributed by atoms with Gasteiger partial charge in [-0.3, -0.25) is 0 Å². The molecule has 0 radical (unpaired) electrons. The molecule has 0 aromatic heterocycles. The van der Waals surface area contributed by atoms with Gasteiger partial charge in [0.2, 0.25) is 0 Å². The fraction of sp³-hybridized carbons (Fsp3) is 0.429. The van der Waals surface area contributed by atoms with Crippen LogP contribution in [-0.2, 0) is 12.8 Å². The van der Waals surface area contributed by atoms with Gasteiger partial charge in [0.1, 0.15) is 5.82 Å². The summed E-state index contributed by atoms with van der Waals surface area (Å²) < 4.78 is 13.9. The lowest BCUT2D eigenvalue weighted by atomic mass is 9.95. The van der Waals surface area contributed by atoms with Gasteiger partial charge in [0, 0.05) is 11.3 Å². The number of hydrogen-bond donors (Lipinski definition) is 1. The summed E-state index contributed by atoms with van der Waals surface area (Å²) in [6.45, 7) is 4.07. The molecule has 2 aliphatic carbocycles. The minimum absolute atomic E-state index is 0.0847. The Bertz CT molecular complexity index is 472. The van der Waals surface area contributed by atoms with Crippen LogP contribution in [0, 0.1) is 11.7 Å². The average molecular weight is 217 g/mol. The molecule has 1 nitrogen and oxygen atoms in total. The highest BCUT2D eigenvalue weighted by Gasteiger charge is 2.29. The zero-order valence-corrected chi connectivity index (χ0v) is 9.35. The first-order valence-electron chi connectivity index (χ1n) is 5.97. The lowest BCUT2D eigenvalue weighted by molar-refractivity contribution is 0.612. The van der Waals surface area contributed by atoms with Gasteiger partial charge >= 0.3 is 0 Å². The zero-order valence-electron chi connectivity index (χ0n) is 9.35. The number of halogens is 1. The van der Waals surface area contributed by atoms with Gasteiger partial charge in [0.25, 0.3) is 0 Å². The topological polar surface area (TPSA) is 26.0 Å². The van der Waals surface area contributed by atoms with E-state index >= 15 is 0 Å². The zero-order chi connectivity index (χ0) is 11.3. The first-order chi connectivity index (χ1) is 7.68. The lowest BCUT2D eigenvalue weighted by Gasteiger charge is -2.13. The number of nitrogens with two attached hydrogens (primary N) is 1. The minimum Gasteiger partial charge on any atom is -0.398 e. The molecule has 16 heavy (non-hydrogen) atoms. The smallest absolute Gasteiger partial charge is 0.127 e. The third-order valence-electron chi connectivity index (χ3n) is 3.81. The molecule has 0 saturated heterocycles. The number of anilines is 1. The summed E-state index contributed by atoms with van der Waals surface area (Å²) in [6.07, 6.45) is 5.13. The summed E-state index contributed by atoms with van der Waals surface area (Å²) in [6, 6.07) is 1.60. The minimum atomic E-state index is -0.0847. The third kappa shape index (κ3) is 1.36. The van der Waals surface area contributed by atoms with E-state index < -0.39 is 0 Å². The lowest BCUT2D eigenvalue weighted by Crippen LogP contribution is -2.02. The first-order valence-corrected chi connectivity index (χ1v) is 5.97. The van der Waals surface area contributed by atoms with E-state index in [1.54, 1.807) is 6.07 Å². The summed E-state index contributed by atoms with van der Waals surface area (Å²) in [5.41, 5.74) is 10.7. The third-order valence-corrected chi connectivity index (χ3v) is 3.81. The van der Waals surface area contributed by atoms with Crippen molar-refractivity contribution in [3.05, 3.63) is 35.2 Å². The number of rotatable bonds is 2. The van der Waals surface area contributed by atoms with Crippen molar-refractivity contribution < 1.29 is 4.39 Å². The molecule has 0 unspecified atom stereocenters. The van der Waals surface area contributed by atoms with E-state index in [2.05, 4.69) is 6.58 Å². The molecule has 0 bridgehead atoms. The van der Waals surface area contributed by atoms with Crippen LogP contribution in [0.1, 0.15) is 36.0 Å². The van der Waals surface area contributed by atoms with Crippen LogP contribution < -0.4 is 5.73 Å². The second kappa shape index (κ2) is 3.34. The van der Waals surface area contributed by atoms with E-state index in [1.807, 2.05) is 0 Å². The van der Waals surface area contributed by atoms with Crippen LogP contribution in [0.4, 0.5) is 10.1 Å². The highest BCUT2D eigenvalue weighted by Crippen LogP contribution is 2.44. The van der Waals surface area contributed by atoms with Crippen LogP contribution >= 0.6 is 0 Å². The highest BCUT2D eigenvalue weighted by molar-refractivity contribution is 5.79. The molecule has 0 amide bonds. The molecule has 3 rings (SSSR count). The molecule has 1 aromatic rings. The summed E-state index contributed by atoms with van der Waals surface area (Å²) in [5, 5.41) is 0. The molecule has 1 fully saturated rings. The van der Waals surface area contributed by atoms with E-state index in [-0.39, 0.29) is 5.82 Å². The Balaban J connectivity index is 2.12. The summed E-state index contributed by atoms with van der Waals surface area (Å²) in [5.74, 6) is 0.458. The van der Waals surface area contributed by atoms with Crippen LogP contribution in [0.5, 0.6) is 0 Å². The molecule has 84 valence electrons. The van der Waals surface area contributed by atoms with Gasteiger partial charge in [0.15, 0.2) is 0 Å². The molecule has 2 heteroatoms. The van der Waals surface area contributed by atoms with Crippen molar-refractivity contribution in [2.75, 3.05) is 5.73 Å². The number of fused-ring (bicyclic) bond motifs is 1. The number of nitrogen functional groups attached to an aromatic ring is 1. The standard InChI is InChI=1S/C14H16FN/c1-8(9-5-6-9)12-7-13(15)10-3-2-4-11(10)14(12)16/h7,9H,1-6,16H2. The van der Waals surface area contributed by atoms with Crippen LogP contribution in [0.25, 0.3) is 5.57 Å². The fourth-order valence-corrected chi connectivity index (χ4v) is 2.68. The number of benzene rings is 1. The van der Waals surface area contributed by atoms with Crippen molar-refractivity contribution in [1.29, 1.82) is 0 Å². The summed E-state index contributed by atoms with van der Waals surface area (Å²) in [4.78, 5) is 0. The van der Waals surface area contributed by atoms with Gasteiger partial charge in [-0.2, -0.15) is 0 Å². The predicted octanol–water partition coefficient (Wildman–Crippen LogP) is 3.32. The van der Waals surface area contributed by atoms with Crippen LogP contribution in [0.2, 0.25) is 0 Å². The molecule has 2 aliphatic rings.